The lowest BCUT2D eigenvalue weighted by molar-refractivity contribution is -0.154. The molecule has 0 radical (unpaired) electrons. The molecule has 0 aromatic carbocycles. The molecule has 0 aromatic rings. The molecule has 1 aliphatic rings. The van der Waals surface area contributed by atoms with Crippen LogP contribution in [0.4, 0.5) is 0 Å². The van der Waals surface area contributed by atoms with Crippen molar-refractivity contribution in [3.63, 3.8) is 0 Å². The van der Waals surface area contributed by atoms with Gasteiger partial charge in [-0.1, -0.05) is 0 Å². The summed E-state index contributed by atoms with van der Waals surface area (Å²) in [6.45, 7) is 11.9. The van der Waals surface area contributed by atoms with E-state index in [0.717, 1.165) is 25.9 Å². The number of ether oxygens (including phenoxy) is 2. The van der Waals surface area contributed by atoms with Gasteiger partial charge in [-0.3, -0.25) is 9.59 Å². The molecule has 1 heterocycles. The zero-order valence-corrected chi connectivity index (χ0v) is 13.6. The van der Waals surface area contributed by atoms with Crippen LogP contribution < -0.4 is 5.32 Å². The monoisotopic (exact) mass is 287 g/mol. The maximum absolute atomic E-state index is 11.5. The third-order valence-electron chi connectivity index (χ3n) is 3.43. The van der Waals surface area contributed by atoms with Gasteiger partial charge in [0.1, 0.15) is 5.60 Å². The normalized spacial score (nSPS) is 19.4. The van der Waals surface area contributed by atoms with Crippen molar-refractivity contribution in [3.8, 4) is 0 Å². The molecular weight excluding hydrogens is 258 g/mol. The van der Waals surface area contributed by atoms with Crippen LogP contribution in [0.5, 0.6) is 0 Å². The van der Waals surface area contributed by atoms with Gasteiger partial charge in [-0.05, 0) is 66.5 Å². The molecule has 1 saturated heterocycles. The molecule has 118 valence electrons. The number of methoxy groups -OCH3 is 1. The second-order valence-electron chi connectivity index (χ2n) is 6.58. The van der Waals surface area contributed by atoms with Crippen molar-refractivity contribution in [3.05, 3.63) is 0 Å². The summed E-state index contributed by atoms with van der Waals surface area (Å²) in [6.07, 6.45) is 2.28. The molecule has 0 aliphatic carbocycles. The van der Waals surface area contributed by atoms with Gasteiger partial charge in [0.15, 0.2) is 0 Å². The Morgan fingerprint density at radius 3 is 2.15 bits per heavy atom. The minimum absolute atomic E-state index is 0.0961. The van der Waals surface area contributed by atoms with Gasteiger partial charge in [0.25, 0.3) is 6.47 Å². The second-order valence-corrected chi connectivity index (χ2v) is 6.58. The summed E-state index contributed by atoms with van der Waals surface area (Å²) in [7, 11) is 1.46. The SMILES string of the molecule is CC(C)(C)OC=O.COC(=O)C(C)(C)[C@H]1CCCNC1. The molecule has 20 heavy (non-hydrogen) atoms. The van der Waals surface area contributed by atoms with E-state index < -0.39 is 0 Å². The fraction of sp³-hybridized carbons (Fsp3) is 0.867. The summed E-state index contributed by atoms with van der Waals surface area (Å²) < 4.78 is 9.35. The molecular formula is C15H29NO4. The highest BCUT2D eigenvalue weighted by molar-refractivity contribution is 5.76. The average Bonchev–Trinajstić information content (AvgIpc) is 2.38. The van der Waals surface area contributed by atoms with E-state index in [1.165, 1.54) is 7.11 Å². The number of hydrogen-bond acceptors (Lipinski definition) is 5. The quantitative estimate of drug-likeness (QED) is 0.636. The zero-order chi connectivity index (χ0) is 15.8. The fourth-order valence-corrected chi connectivity index (χ4v) is 2.04. The van der Waals surface area contributed by atoms with Crippen LogP contribution in [0.25, 0.3) is 0 Å². The summed E-state index contributed by atoms with van der Waals surface area (Å²) in [6, 6.07) is 0. The van der Waals surface area contributed by atoms with Gasteiger partial charge < -0.3 is 14.8 Å². The Morgan fingerprint density at radius 2 is 1.85 bits per heavy atom. The van der Waals surface area contributed by atoms with Crippen molar-refractivity contribution in [2.45, 2.75) is 53.1 Å². The van der Waals surface area contributed by atoms with Crippen LogP contribution in [0.1, 0.15) is 47.5 Å². The minimum atomic E-state index is -0.345. The van der Waals surface area contributed by atoms with Crippen LogP contribution in [0.2, 0.25) is 0 Å². The van der Waals surface area contributed by atoms with Crippen LogP contribution in [0, 0.1) is 11.3 Å². The summed E-state index contributed by atoms with van der Waals surface area (Å²) in [5, 5.41) is 3.31. The van der Waals surface area contributed by atoms with Gasteiger partial charge in [-0.25, -0.2) is 0 Å². The first-order chi connectivity index (χ1) is 9.15. The molecule has 0 unspecified atom stereocenters. The molecule has 0 bridgehead atoms. The Hall–Kier alpha value is -1.10. The number of hydrogen-bond donors (Lipinski definition) is 1. The first kappa shape index (κ1) is 18.9. The van der Waals surface area contributed by atoms with Crippen molar-refractivity contribution in [2.24, 2.45) is 11.3 Å². The molecule has 1 fully saturated rings. The topological polar surface area (TPSA) is 64.6 Å². The van der Waals surface area contributed by atoms with Gasteiger partial charge in [0.2, 0.25) is 0 Å². The third-order valence-corrected chi connectivity index (χ3v) is 3.43. The molecule has 5 nitrogen and oxygen atoms in total. The van der Waals surface area contributed by atoms with Crippen LogP contribution in [0.3, 0.4) is 0 Å². The molecule has 1 N–H and O–H groups in total. The smallest absolute Gasteiger partial charge is 0.311 e. The van der Waals surface area contributed by atoms with Gasteiger partial charge in [0.05, 0.1) is 12.5 Å². The Labute approximate surface area is 122 Å². The summed E-state index contributed by atoms with van der Waals surface area (Å²) in [5.74, 6) is 0.315. The van der Waals surface area contributed by atoms with Crippen LogP contribution in [0.15, 0.2) is 0 Å². The Balaban J connectivity index is 0.000000441. The Kier molecular flexibility index (Phi) is 7.79. The first-order valence-corrected chi connectivity index (χ1v) is 7.05. The zero-order valence-electron chi connectivity index (χ0n) is 13.6. The molecule has 0 amide bonds. The van der Waals surface area contributed by atoms with Gasteiger partial charge in [-0.15, -0.1) is 0 Å². The number of rotatable bonds is 3. The Bertz CT molecular complexity index is 301. The third kappa shape index (κ3) is 6.89. The van der Waals surface area contributed by atoms with E-state index >= 15 is 0 Å². The lowest BCUT2D eigenvalue weighted by Crippen LogP contribution is -2.43. The average molecular weight is 287 g/mol. The lowest BCUT2D eigenvalue weighted by Gasteiger charge is -2.34. The Morgan fingerprint density at radius 1 is 1.25 bits per heavy atom. The van der Waals surface area contributed by atoms with E-state index in [2.05, 4.69) is 10.1 Å². The van der Waals surface area contributed by atoms with Crippen LogP contribution >= 0.6 is 0 Å². The predicted octanol–water partition coefficient (Wildman–Crippen LogP) is 2.14. The predicted molar refractivity (Wildman–Crippen MR) is 78.3 cm³/mol. The number of esters is 1. The van der Waals surface area contributed by atoms with E-state index in [-0.39, 0.29) is 17.0 Å². The van der Waals surface area contributed by atoms with E-state index in [4.69, 9.17) is 4.74 Å². The van der Waals surface area contributed by atoms with Crippen molar-refractivity contribution in [2.75, 3.05) is 20.2 Å². The van der Waals surface area contributed by atoms with Crippen molar-refractivity contribution < 1.29 is 19.1 Å². The van der Waals surface area contributed by atoms with Crippen molar-refractivity contribution in [1.29, 1.82) is 0 Å². The van der Waals surface area contributed by atoms with Gasteiger partial charge in [-0.2, -0.15) is 0 Å². The number of carbonyl (C=O) groups excluding carboxylic acids is 2. The largest absolute Gasteiger partial charge is 0.469 e. The number of carbonyl (C=O) groups is 2. The minimum Gasteiger partial charge on any atom is -0.469 e. The van der Waals surface area contributed by atoms with Crippen molar-refractivity contribution >= 4 is 12.4 Å². The standard InChI is InChI=1S/C10H19NO2.C5H10O2/c1-10(2,9(12)13-3)8-5-4-6-11-7-8;1-5(2,3)7-4-6/h8,11H,4-7H2,1-3H3;4H,1-3H3/t8-;/m0./s1. The molecule has 1 atom stereocenters. The second kappa shape index (κ2) is 8.25. The van der Waals surface area contributed by atoms with E-state index in [1.807, 2.05) is 34.6 Å². The highest BCUT2D eigenvalue weighted by Gasteiger charge is 2.38. The summed E-state index contributed by atoms with van der Waals surface area (Å²) in [5.41, 5.74) is -0.663. The lowest BCUT2D eigenvalue weighted by atomic mass is 9.75. The van der Waals surface area contributed by atoms with E-state index in [1.54, 1.807) is 0 Å². The van der Waals surface area contributed by atoms with Gasteiger partial charge in [0, 0.05) is 0 Å². The molecule has 5 heteroatoms. The number of piperidine rings is 1. The number of nitrogens with one attached hydrogen (secondary N) is 1. The van der Waals surface area contributed by atoms with E-state index in [0.29, 0.717) is 12.4 Å². The molecule has 1 aliphatic heterocycles. The maximum Gasteiger partial charge on any atom is 0.311 e. The molecule has 0 saturated carbocycles. The first-order valence-electron chi connectivity index (χ1n) is 7.05. The summed E-state index contributed by atoms with van der Waals surface area (Å²) >= 11 is 0. The van der Waals surface area contributed by atoms with Crippen LogP contribution in [-0.2, 0) is 19.1 Å². The van der Waals surface area contributed by atoms with Gasteiger partial charge >= 0.3 is 5.97 Å². The maximum atomic E-state index is 11.5. The van der Waals surface area contributed by atoms with Crippen LogP contribution in [-0.4, -0.2) is 38.2 Å². The molecule has 1 rings (SSSR count). The molecule has 0 spiro atoms. The van der Waals surface area contributed by atoms with E-state index in [9.17, 15) is 9.59 Å². The fourth-order valence-electron chi connectivity index (χ4n) is 2.04. The highest BCUT2D eigenvalue weighted by atomic mass is 16.5. The highest BCUT2D eigenvalue weighted by Crippen LogP contribution is 2.32. The summed E-state index contributed by atoms with van der Waals surface area (Å²) in [4.78, 5) is 21.1. The molecule has 0 aromatic heterocycles. The van der Waals surface area contributed by atoms with Crippen molar-refractivity contribution in [1.82, 2.24) is 5.32 Å².